The Bertz CT molecular complexity index is 1080. The molecule has 2 saturated heterocycles. The predicted molar refractivity (Wildman–Crippen MR) is 160 cm³/mol. The van der Waals surface area contributed by atoms with Crippen molar-refractivity contribution in [1.82, 2.24) is 39.8 Å². The Kier molecular flexibility index (Phi) is 15.3. The summed E-state index contributed by atoms with van der Waals surface area (Å²) in [4.78, 5) is 3.54. The van der Waals surface area contributed by atoms with Crippen LogP contribution in [0.4, 0.5) is 0 Å². The standard InChI is InChI=1S/C28H50N8O11/c37-15-21-25(41)27(43)23(39)13-33(21)3-1-5-35-11-19(29-31-35)17-46-9-7-45-8-10-47-18-20-12-36(32-30-20)6-2-4-34-14-24(40)28(44)26(42)22(34)16-38/h11-12,21-28,37-44H,1-10,13-18H2/t21-,22-,23+,24+,25-,26-,27-,28-/m1/s1. The molecular weight excluding hydrogens is 624 g/mol. The fraction of sp³-hybridized carbons (Fsp3) is 0.857. The maximum absolute atomic E-state index is 10.1. The van der Waals surface area contributed by atoms with E-state index in [0.717, 1.165) is 0 Å². The first-order valence-electron chi connectivity index (χ1n) is 16.0. The molecule has 8 N–H and O–H groups in total. The highest BCUT2D eigenvalue weighted by atomic mass is 16.5. The number of piperidine rings is 2. The number of rotatable bonds is 20. The number of aromatic nitrogens is 6. The molecule has 268 valence electrons. The molecule has 0 saturated carbocycles. The van der Waals surface area contributed by atoms with Gasteiger partial charge in [0.15, 0.2) is 0 Å². The summed E-state index contributed by atoms with van der Waals surface area (Å²) in [5.74, 6) is 0. The number of hydrogen-bond acceptors (Lipinski definition) is 17. The molecule has 0 bridgehead atoms. The molecule has 0 radical (unpaired) electrons. The molecule has 2 fully saturated rings. The molecule has 8 atom stereocenters. The van der Waals surface area contributed by atoms with E-state index in [4.69, 9.17) is 14.2 Å². The molecule has 19 heteroatoms. The summed E-state index contributed by atoms with van der Waals surface area (Å²) >= 11 is 0. The van der Waals surface area contributed by atoms with Crippen LogP contribution in [0.15, 0.2) is 12.4 Å². The smallest absolute Gasteiger partial charge is 0.109 e. The number of nitrogens with zero attached hydrogens (tertiary/aromatic N) is 8. The van der Waals surface area contributed by atoms with E-state index in [1.54, 1.807) is 31.6 Å². The highest BCUT2D eigenvalue weighted by Gasteiger charge is 2.41. The molecule has 0 unspecified atom stereocenters. The first-order valence-corrected chi connectivity index (χ1v) is 16.0. The summed E-state index contributed by atoms with van der Waals surface area (Å²) in [5.41, 5.74) is 1.33. The molecule has 19 nitrogen and oxygen atoms in total. The maximum Gasteiger partial charge on any atom is 0.109 e. The lowest BCUT2D eigenvalue weighted by Gasteiger charge is -2.43. The van der Waals surface area contributed by atoms with Crippen molar-refractivity contribution in [2.75, 3.05) is 65.8 Å². The largest absolute Gasteiger partial charge is 0.395 e. The lowest BCUT2D eigenvalue weighted by molar-refractivity contribution is -0.145. The van der Waals surface area contributed by atoms with Gasteiger partial charge in [0.2, 0.25) is 0 Å². The molecule has 2 aromatic rings. The van der Waals surface area contributed by atoms with Gasteiger partial charge in [-0.1, -0.05) is 10.4 Å². The summed E-state index contributed by atoms with van der Waals surface area (Å²) < 4.78 is 20.1. The van der Waals surface area contributed by atoms with Gasteiger partial charge in [-0.2, -0.15) is 0 Å². The summed E-state index contributed by atoms with van der Waals surface area (Å²) in [5, 5.41) is 95.2. The van der Waals surface area contributed by atoms with Gasteiger partial charge < -0.3 is 55.1 Å². The minimum atomic E-state index is -1.27. The number of hydrogen-bond donors (Lipinski definition) is 8. The second kappa shape index (κ2) is 19.1. The number of β-amino-alcohol motifs (C(OH)–C–C–N with tert-alkyl or cyclic N) is 2. The Labute approximate surface area is 272 Å². The fourth-order valence-electron chi connectivity index (χ4n) is 5.86. The number of aryl methyl sites for hydroxylation is 2. The lowest BCUT2D eigenvalue weighted by Crippen LogP contribution is -2.62. The average molecular weight is 675 g/mol. The van der Waals surface area contributed by atoms with Crippen LogP contribution in [0.3, 0.4) is 0 Å². The Hall–Kier alpha value is -2.24. The molecular formula is C28H50N8O11. The second-order valence-electron chi connectivity index (χ2n) is 12.0. The van der Waals surface area contributed by atoms with Gasteiger partial charge in [-0.05, 0) is 12.8 Å². The van der Waals surface area contributed by atoms with Crippen molar-refractivity contribution in [3.05, 3.63) is 23.8 Å². The Balaban J connectivity index is 0.997. The minimum absolute atomic E-state index is 0.167. The van der Waals surface area contributed by atoms with Gasteiger partial charge in [-0.3, -0.25) is 19.2 Å². The summed E-state index contributed by atoms with van der Waals surface area (Å²) in [7, 11) is 0. The topological polar surface area (TPSA) is 257 Å². The van der Waals surface area contributed by atoms with Crippen LogP contribution in [-0.2, 0) is 40.5 Å². The molecule has 4 rings (SSSR count). The molecule has 47 heavy (non-hydrogen) atoms. The van der Waals surface area contributed by atoms with E-state index < -0.39 is 48.7 Å². The van der Waals surface area contributed by atoms with Crippen molar-refractivity contribution in [3.63, 3.8) is 0 Å². The van der Waals surface area contributed by atoms with Gasteiger partial charge in [-0.25, -0.2) is 0 Å². The Morgan fingerprint density at radius 2 is 0.979 bits per heavy atom. The first kappa shape index (κ1) is 37.6. The molecule has 0 spiro atoms. The average Bonchev–Trinajstić information content (AvgIpc) is 3.71. The molecule has 4 heterocycles. The van der Waals surface area contributed by atoms with Crippen LogP contribution >= 0.6 is 0 Å². The number of likely N-dealkylation sites (tertiary alicyclic amines) is 2. The summed E-state index contributed by atoms with van der Waals surface area (Å²) in [6.07, 6.45) is -2.28. The van der Waals surface area contributed by atoms with E-state index in [-0.39, 0.29) is 39.5 Å². The van der Waals surface area contributed by atoms with Gasteiger partial charge in [0.1, 0.15) is 35.8 Å². The van der Waals surface area contributed by atoms with Gasteiger partial charge in [0, 0.05) is 39.3 Å². The molecule has 0 amide bonds. The van der Waals surface area contributed by atoms with E-state index >= 15 is 0 Å². The van der Waals surface area contributed by atoms with Crippen LogP contribution in [0.25, 0.3) is 0 Å². The minimum Gasteiger partial charge on any atom is -0.395 e. The van der Waals surface area contributed by atoms with E-state index in [2.05, 4.69) is 20.6 Å². The zero-order valence-corrected chi connectivity index (χ0v) is 26.5. The van der Waals surface area contributed by atoms with Gasteiger partial charge in [-0.15, -0.1) is 10.2 Å². The van der Waals surface area contributed by atoms with E-state index in [9.17, 15) is 40.9 Å². The lowest BCUT2D eigenvalue weighted by atomic mass is 9.94. The van der Waals surface area contributed by atoms with Crippen molar-refractivity contribution < 1.29 is 55.1 Å². The second-order valence-corrected chi connectivity index (χ2v) is 12.0. The Morgan fingerprint density at radius 1 is 0.574 bits per heavy atom. The zero-order chi connectivity index (χ0) is 33.8. The van der Waals surface area contributed by atoms with Crippen molar-refractivity contribution >= 4 is 0 Å². The van der Waals surface area contributed by atoms with Gasteiger partial charge in [0.25, 0.3) is 0 Å². The highest BCUT2D eigenvalue weighted by Crippen LogP contribution is 2.20. The monoisotopic (exact) mass is 674 g/mol. The van der Waals surface area contributed by atoms with Gasteiger partial charge >= 0.3 is 0 Å². The normalized spacial score (nSPS) is 29.1. The van der Waals surface area contributed by atoms with Crippen molar-refractivity contribution in [1.29, 1.82) is 0 Å². The third-order valence-electron chi connectivity index (χ3n) is 8.51. The van der Waals surface area contributed by atoms with Crippen LogP contribution in [0.1, 0.15) is 24.2 Å². The Morgan fingerprint density at radius 3 is 1.38 bits per heavy atom. The quantitative estimate of drug-likeness (QED) is 0.0611. The van der Waals surface area contributed by atoms with Crippen molar-refractivity contribution in [3.8, 4) is 0 Å². The fourth-order valence-corrected chi connectivity index (χ4v) is 5.86. The maximum atomic E-state index is 10.1. The van der Waals surface area contributed by atoms with Crippen molar-refractivity contribution in [2.24, 2.45) is 0 Å². The number of aliphatic hydroxyl groups is 8. The van der Waals surface area contributed by atoms with Crippen molar-refractivity contribution in [2.45, 2.75) is 87.9 Å². The third-order valence-corrected chi connectivity index (χ3v) is 8.51. The van der Waals surface area contributed by atoms with Crippen LogP contribution < -0.4 is 0 Å². The molecule has 0 aliphatic carbocycles. The number of aliphatic hydroxyl groups excluding tert-OH is 8. The highest BCUT2D eigenvalue weighted by molar-refractivity contribution is 4.95. The van der Waals surface area contributed by atoms with Gasteiger partial charge in [0.05, 0.1) is 89.5 Å². The first-order chi connectivity index (χ1) is 22.7. The molecule has 2 aliphatic heterocycles. The van der Waals surface area contributed by atoms with Crippen LogP contribution in [0, 0.1) is 0 Å². The van der Waals surface area contributed by atoms with Crippen LogP contribution in [0.5, 0.6) is 0 Å². The van der Waals surface area contributed by atoms with Crippen LogP contribution in [-0.4, -0.2) is 195 Å². The summed E-state index contributed by atoms with van der Waals surface area (Å²) in [6, 6.07) is -1.27. The van der Waals surface area contributed by atoms with E-state index in [1.807, 2.05) is 0 Å². The van der Waals surface area contributed by atoms with E-state index in [0.29, 0.717) is 76.8 Å². The van der Waals surface area contributed by atoms with Crippen LogP contribution in [0.2, 0.25) is 0 Å². The zero-order valence-electron chi connectivity index (χ0n) is 26.5. The summed E-state index contributed by atoms with van der Waals surface area (Å²) in [6.45, 7) is 3.83. The number of ether oxygens (including phenoxy) is 3. The molecule has 0 aromatic carbocycles. The SMILES string of the molecule is OC[C@@H]1[C@@H](O)[C@H](O)[C@@H](O)CN1CCCn1cc(COCCOCCOCc2cn(CCCN3C[C@H](O)[C@@H](O)[C@H](O)[C@H]3CO)nn2)nn1. The van der Waals surface area contributed by atoms with E-state index in [1.165, 1.54) is 0 Å². The molecule has 2 aromatic heterocycles. The molecule has 2 aliphatic rings. The third kappa shape index (κ3) is 10.9. The predicted octanol–water partition coefficient (Wildman–Crippen LogP) is -5.08.